The van der Waals surface area contributed by atoms with E-state index in [0.29, 0.717) is 0 Å². The molecule has 0 aliphatic carbocycles. The predicted octanol–water partition coefficient (Wildman–Crippen LogP) is 2.25. The lowest BCUT2D eigenvalue weighted by Gasteiger charge is -2.05. The quantitative estimate of drug-likeness (QED) is 0.687. The van der Waals surface area contributed by atoms with E-state index in [4.69, 9.17) is 5.26 Å². The second kappa shape index (κ2) is 5.75. The third kappa shape index (κ3) is 3.16. The minimum atomic E-state index is -0.742. The number of benzene rings is 1. The molecule has 1 aromatic heterocycles. The highest BCUT2D eigenvalue weighted by Crippen LogP contribution is 2.25. The molecule has 104 valence electrons. The molecule has 7 nitrogen and oxygen atoms in total. The second-order valence-electron chi connectivity index (χ2n) is 3.92. The minimum absolute atomic E-state index is 0.0486. The molecule has 0 saturated carbocycles. The normalized spacial score (nSPS) is 9.71. The van der Waals surface area contributed by atoms with Crippen LogP contribution in [0.5, 0.6) is 0 Å². The van der Waals surface area contributed by atoms with Gasteiger partial charge in [-0.15, -0.1) is 0 Å². The van der Waals surface area contributed by atoms with Crippen LogP contribution in [-0.2, 0) is 0 Å². The number of pyridine rings is 1. The Kier molecular flexibility index (Phi) is 3.85. The number of carbonyl (C=O) groups excluding carboxylic acids is 1. The van der Waals surface area contributed by atoms with Gasteiger partial charge in [0.2, 0.25) is 0 Å². The molecule has 0 aliphatic heterocycles. The zero-order valence-electron chi connectivity index (χ0n) is 10.4. The third-order valence-electron chi connectivity index (χ3n) is 2.53. The van der Waals surface area contributed by atoms with Crippen LogP contribution in [0, 0.1) is 27.3 Å². The van der Waals surface area contributed by atoms with Crippen LogP contribution in [-0.4, -0.2) is 15.8 Å². The average molecular weight is 286 g/mol. The fourth-order valence-electron chi connectivity index (χ4n) is 1.55. The second-order valence-corrected chi connectivity index (χ2v) is 3.92. The summed E-state index contributed by atoms with van der Waals surface area (Å²) in [6, 6.07) is 7.24. The molecule has 0 bridgehead atoms. The van der Waals surface area contributed by atoms with E-state index in [0.717, 1.165) is 18.2 Å². The number of aromatic nitrogens is 1. The average Bonchev–Trinajstić information content (AvgIpc) is 2.47. The van der Waals surface area contributed by atoms with E-state index in [9.17, 15) is 19.3 Å². The number of nitriles is 1. The molecule has 1 aromatic carbocycles. The van der Waals surface area contributed by atoms with Crippen LogP contribution < -0.4 is 5.32 Å². The summed E-state index contributed by atoms with van der Waals surface area (Å²) in [6.45, 7) is 0. The van der Waals surface area contributed by atoms with E-state index < -0.39 is 22.3 Å². The fourth-order valence-corrected chi connectivity index (χ4v) is 1.55. The van der Waals surface area contributed by atoms with Crippen molar-refractivity contribution in [1.29, 1.82) is 5.26 Å². The largest absolute Gasteiger partial charge is 0.315 e. The first-order valence-electron chi connectivity index (χ1n) is 5.62. The zero-order chi connectivity index (χ0) is 15.4. The summed E-state index contributed by atoms with van der Waals surface area (Å²) in [5.74, 6) is -1.46. The molecule has 2 aromatic rings. The number of nitrogens with one attached hydrogen (secondary N) is 1. The van der Waals surface area contributed by atoms with E-state index >= 15 is 0 Å². The Bertz CT molecular complexity index is 753. The summed E-state index contributed by atoms with van der Waals surface area (Å²) in [4.78, 5) is 25.7. The highest BCUT2D eigenvalue weighted by Gasteiger charge is 2.18. The maximum atomic E-state index is 13.1. The van der Waals surface area contributed by atoms with E-state index in [-0.39, 0.29) is 16.9 Å². The van der Waals surface area contributed by atoms with E-state index in [1.165, 1.54) is 18.3 Å². The molecule has 0 aliphatic rings. The van der Waals surface area contributed by atoms with Gasteiger partial charge in [-0.3, -0.25) is 14.9 Å². The molecule has 0 atom stereocenters. The van der Waals surface area contributed by atoms with Gasteiger partial charge in [0, 0.05) is 18.3 Å². The Morgan fingerprint density at radius 2 is 2.14 bits per heavy atom. The molecule has 21 heavy (non-hydrogen) atoms. The first-order valence-corrected chi connectivity index (χ1v) is 5.62. The van der Waals surface area contributed by atoms with Crippen molar-refractivity contribution in [2.45, 2.75) is 0 Å². The van der Waals surface area contributed by atoms with Crippen molar-refractivity contribution in [1.82, 2.24) is 4.98 Å². The van der Waals surface area contributed by atoms with Crippen molar-refractivity contribution in [2.24, 2.45) is 0 Å². The molecule has 8 heteroatoms. The van der Waals surface area contributed by atoms with Gasteiger partial charge < -0.3 is 5.32 Å². The Labute approximate surface area is 117 Å². The topological polar surface area (TPSA) is 109 Å². The lowest BCUT2D eigenvalue weighted by molar-refractivity contribution is -0.384. The Balaban J connectivity index is 2.28. The summed E-state index contributed by atoms with van der Waals surface area (Å²) < 4.78 is 13.1. The highest BCUT2D eigenvalue weighted by molar-refractivity contribution is 6.04. The minimum Gasteiger partial charge on any atom is -0.315 e. The van der Waals surface area contributed by atoms with Crippen LogP contribution in [0.1, 0.15) is 16.1 Å². The molecule has 1 N–H and O–H groups in total. The van der Waals surface area contributed by atoms with Crippen molar-refractivity contribution in [3.05, 3.63) is 63.7 Å². The standard InChI is InChI=1S/C13H7FN4O3/c14-9-2-4-12(18(20)21)11(5-9)17-13(19)10-3-1-8(6-15)7-16-10/h1-5,7H,(H,17,19). The molecule has 2 rings (SSSR count). The number of nitro groups is 1. The molecule has 0 saturated heterocycles. The van der Waals surface area contributed by atoms with Crippen LogP contribution in [0.25, 0.3) is 0 Å². The third-order valence-corrected chi connectivity index (χ3v) is 2.53. The van der Waals surface area contributed by atoms with Crippen LogP contribution in [0.2, 0.25) is 0 Å². The molecule has 1 amide bonds. The predicted molar refractivity (Wildman–Crippen MR) is 70.0 cm³/mol. The zero-order valence-corrected chi connectivity index (χ0v) is 10.4. The van der Waals surface area contributed by atoms with Crippen molar-refractivity contribution < 1.29 is 14.1 Å². The maximum absolute atomic E-state index is 13.1. The van der Waals surface area contributed by atoms with Gasteiger partial charge in [-0.1, -0.05) is 0 Å². The van der Waals surface area contributed by atoms with Crippen molar-refractivity contribution in [3.63, 3.8) is 0 Å². The Morgan fingerprint density at radius 3 is 2.71 bits per heavy atom. The van der Waals surface area contributed by atoms with Gasteiger partial charge in [0.05, 0.1) is 10.5 Å². The van der Waals surface area contributed by atoms with Gasteiger partial charge in [0.25, 0.3) is 11.6 Å². The Morgan fingerprint density at radius 1 is 1.38 bits per heavy atom. The van der Waals surface area contributed by atoms with Gasteiger partial charge in [-0.25, -0.2) is 9.37 Å². The molecule has 0 radical (unpaired) electrons. The first-order chi connectivity index (χ1) is 10.0. The number of nitro benzene ring substituents is 1. The fraction of sp³-hybridized carbons (Fsp3) is 0. The lowest BCUT2D eigenvalue weighted by atomic mass is 10.2. The summed E-state index contributed by atoms with van der Waals surface area (Å²) in [5, 5.41) is 21.7. The number of carbonyl (C=O) groups is 1. The van der Waals surface area contributed by atoms with E-state index in [1.807, 2.05) is 6.07 Å². The van der Waals surface area contributed by atoms with Gasteiger partial charge in [0.1, 0.15) is 23.3 Å². The van der Waals surface area contributed by atoms with Crippen LogP contribution >= 0.6 is 0 Å². The lowest BCUT2D eigenvalue weighted by Crippen LogP contribution is -2.14. The molecule has 1 heterocycles. The summed E-state index contributed by atoms with van der Waals surface area (Å²) >= 11 is 0. The van der Waals surface area contributed by atoms with Crippen LogP contribution in [0.4, 0.5) is 15.8 Å². The van der Waals surface area contributed by atoms with Crippen molar-refractivity contribution >= 4 is 17.3 Å². The van der Waals surface area contributed by atoms with Crippen LogP contribution in [0.3, 0.4) is 0 Å². The summed E-state index contributed by atoms with van der Waals surface area (Å²) in [6.07, 6.45) is 1.19. The SMILES string of the molecule is N#Cc1ccc(C(=O)Nc2cc(F)ccc2[N+](=O)[O-])nc1. The number of hydrogen-bond acceptors (Lipinski definition) is 5. The monoisotopic (exact) mass is 286 g/mol. The van der Waals surface area contributed by atoms with Gasteiger partial charge >= 0.3 is 0 Å². The number of hydrogen-bond donors (Lipinski definition) is 1. The van der Waals surface area contributed by atoms with E-state index in [2.05, 4.69) is 10.3 Å². The van der Waals surface area contributed by atoms with Gasteiger partial charge in [0.15, 0.2) is 0 Å². The number of amides is 1. The van der Waals surface area contributed by atoms with Gasteiger partial charge in [-0.05, 0) is 18.2 Å². The summed E-state index contributed by atoms with van der Waals surface area (Å²) in [5.41, 5.74) is -0.481. The number of anilines is 1. The number of rotatable bonds is 3. The van der Waals surface area contributed by atoms with Crippen molar-refractivity contribution in [3.8, 4) is 6.07 Å². The molecule has 0 fully saturated rings. The maximum Gasteiger partial charge on any atom is 0.292 e. The number of nitrogens with zero attached hydrogens (tertiary/aromatic N) is 3. The smallest absolute Gasteiger partial charge is 0.292 e. The number of halogens is 1. The molecular formula is C13H7FN4O3. The first kappa shape index (κ1) is 14.1. The Hall–Kier alpha value is -3.34. The van der Waals surface area contributed by atoms with Crippen molar-refractivity contribution in [2.75, 3.05) is 5.32 Å². The van der Waals surface area contributed by atoms with E-state index in [1.54, 1.807) is 0 Å². The molecule has 0 unspecified atom stereocenters. The molecular weight excluding hydrogens is 279 g/mol. The van der Waals surface area contributed by atoms with Gasteiger partial charge in [-0.2, -0.15) is 5.26 Å². The molecule has 0 spiro atoms. The highest BCUT2D eigenvalue weighted by atomic mass is 19.1. The van der Waals surface area contributed by atoms with Crippen LogP contribution in [0.15, 0.2) is 36.5 Å². The summed E-state index contributed by atoms with van der Waals surface area (Å²) in [7, 11) is 0.